The van der Waals surface area contributed by atoms with Gasteiger partial charge in [0.05, 0.1) is 6.10 Å². The van der Waals surface area contributed by atoms with Gasteiger partial charge in [0.2, 0.25) is 0 Å². The molecule has 0 spiro atoms. The predicted molar refractivity (Wildman–Crippen MR) is 37.2 cm³/mol. The van der Waals surface area contributed by atoms with Gasteiger partial charge in [0.1, 0.15) is 0 Å². The lowest BCUT2D eigenvalue weighted by Gasteiger charge is -2.27. The summed E-state index contributed by atoms with van der Waals surface area (Å²) in [6.07, 6.45) is 1.18. The van der Waals surface area contributed by atoms with Crippen LogP contribution >= 0.6 is 0 Å². The summed E-state index contributed by atoms with van der Waals surface area (Å²) in [5, 5.41) is 8.46. The van der Waals surface area contributed by atoms with E-state index in [4.69, 9.17) is 9.84 Å². The van der Waals surface area contributed by atoms with Crippen molar-refractivity contribution >= 4 is 5.97 Å². The Morgan fingerprint density at radius 2 is 2.33 bits per heavy atom. The van der Waals surface area contributed by atoms with Crippen LogP contribution in [-0.4, -0.2) is 30.3 Å². The number of hydrogen-bond donors (Lipinski definition) is 1. The minimum Gasteiger partial charge on any atom is -0.477 e. The van der Waals surface area contributed by atoms with E-state index < -0.39 is 19.1 Å². The van der Waals surface area contributed by atoms with Gasteiger partial charge in [-0.05, 0) is 19.3 Å². The van der Waals surface area contributed by atoms with Crippen molar-refractivity contribution in [3.63, 3.8) is 0 Å². The van der Waals surface area contributed by atoms with Crippen molar-refractivity contribution in [2.45, 2.75) is 31.7 Å². The molecule has 0 bridgehead atoms. The lowest BCUT2D eigenvalue weighted by molar-refractivity contribution is -0.218. The van der Waals surface area contributed by atoms with Gasteiger partial charge < -0.3 is 14.6 Å². The van der Waals surface area contributed by atoms with E-state index in [2.05, 4.69) is 4.74 Å². The fourth-order valence-corrected chi connectivity index (χ4v) is 0.908. The Kier molecular flexibility index (Phi) is 3.43. The quantitative estimate of drug-likeness (QED) is 0.636. The van der Waals surface area contributed by atoms with Crippen LogP contribution in [0.2, 0.25) is 0 Å². The molecule has 12 heavy (non-hydrogen) atoms. The first-order valence-corrected chi connectivity index (χ1v) is 3.80. The topological polar surface area (TPSA) is 55.8 Å². The third-order valence-corrected chi connectivity index (χ3v) is 1.78. The molecule has 1 N–H and O–H groups in total. The van der Waals surface area contributed by atoms with Crippen molar-refractivity contribution in [3.8, 4) is 0 Å². The summed E-state index contributed by atoms with van der Waals surface area (Å²) in [4.78, 5) is 10.3. The van der Waals surface area contributed by atoms with Crippen LogP contribution in [0, 0.1) is 0 Å². The van der Waals surface area contributed by atoms with Gasteiger partial charge in [-0.2, -0.15) is 0 Å². The number of carboxylic acid groups (broad SMARTS) is 1. The molecule has 0 aromatic rings. The Morgan fingerprint density at radius 1 is 1.67 bits per heavy atom. The molecule has 1 atom stereocenters. The zero-order valence-electron chi connectivity index (χ0n) is 6.53. The normalized spacial score (nSPS) is 20.1. The largest absolute Gasteiger partial charge is 0.477 e. The maximum absolute atomic E-state index is 11.6. The minimum atomic E-state index is -1.44. The standard InChI is InChI=1S/C7H11FO4/c8-4-11-7(6(9)10)12-5-2-1-3-5/h5,7H,1-4H2,(H,9,10). The number of aliphatic carboxylic acids is 1. The highest BCUT2D eigenvalue weighted by Crippen LogP contribution is 2.23. The van der Waals surface area contributed by atoms with Crippen LogP contribution in [0.15, 0.2) is 0 Å². The average Bonchev–Trinajstić information content (AvgIpc) is 1.93. The van der Waals surface area contributed by atoms with E-state index in [0.717, 1.165) is 19.3 Å². The molecule has 0 radical (unpaired) electrons. The minimum absolute atomic E-state index is 0.0716. The SMILES string of the molecule is O=C(O)C(OCF)OC1CCC1. The number of hydrogen-bond acceptors (Lipinski definition) is 3. The Labute approximate surface area is 69.3 Å². The van der Waals surface area contributed by atoms with E-state index in [1.54, 1.807) is 0 Å². The molecule has 1 fully saturated rings. The summed E-state index contributed by atoms with van der Waals surface area (Å²) in [7, 11) is 0. The van der Waals surface area contributed by atoms with Gasteiger partial charge in [-0.15, -0.1) is 0 Å². The third kappa shape index (κ3) is 2.42. The molecular weight excluding hydrogens is 167 g/mol. The molecule has 1 aliphatic rings. The van der Waals surface area contributed by atoms with Crippen molar-refractivity contribution in [2.75, 3.05) is 6.86 Å². The summed E-state index contributed by atoms with van der Waals surface area (Å²) in [6, 6.07) is 0. The molecule has 0 aliphatic heterocycles. The first-order valence-electron chi connectivity index (χ1n) is 3.80. The number of alkyl halides is 1. The lowest BCUT2D eigenvalue weighted by atomic mass is 9.96. The zero-order valence-corrected chi connectivity index (χ0v) is 6.53. The number of ether oxygens (including phenoxy) is 2. The smallest absolute Gasteiger partial charge is 0.361 e. The van der Waals surface area contributed by atoms with Crippen LogP contribution in [0.3, 0.4) is 0 Å². The van der Waals surface area contributed by atoms with Gasteiger partial charge in [0.25, 0.3) is 6.29 Å². The maximum atomic E-state index is 11.6. The highest BCUT2D eigenvalue weighted by atomic mass is 19.1. The molecular formula is C7H11FO4. The Hall–Kier alpha value is -0.680. The van der Waals surface area contributed by atoms with E-state index in [1.807, 2.05) is 0 Å². The lowest BCUT2D eigenvalue weighted by Crippen LogP contribution is -2.34. The summed E-state index contributed by atoms with van der Waals surface area (Å²) < 4.78 is 20.8. The van der Waals surface area contributed by atoms with Crippen molar-refractivity contribution in [3.05, 3.63) is 0 Å². The van der Waals surface area contributed by atoms with E-state index in [1.165, 1.54) is 0 Å². The van der Waals surface area contributed by atoms with E-state index >= 15 is 0 Å². The first-order chi connectivity index (χ1) is 5.74. The Bertz CT molecular complexity index is 157. The molecule has 1 aliphatic carbocycles. The van der Waals surface area contributed by atoms with Crippen LogP contribution < -0.4 is 0 Å². The molecule has 0 amide bonds. The summed E-state index contributed by atoms with van der Waals surface area (Å²) in [5.74, 6) is -1.28. The average molecular weight is 178 g/mol. The van der Waals surface area contributed by atoms with Gasteiger partial charge in [-0.3, -0.25) is 0 Å². The highest BCUT2D eigenvalue weighted by molar-refractivity contribution is 5.70. The molecule has 70 valence electrons. The fourth-order valence-electron chi connectivity index (χ4n) is 0.908. The molecule has 1 rings (SSSR count). The summed E-state index contributed by atoms with van der Waals surface area (Å²) >= 11 is 0. The molecule has 1 unspecified atom stereocenters. The molecule has 0 aromatic heterocycles. The van der Waals surface area contributed by atoms with E-state index in [9.17, 15) is 9.18 Å². The molecule has 1 saturated carbocycles. The van der Waals surface area contributed by atoms with Gasteiger partial charge in [-0.25, -0.2) is 9.18 Å². The molecule has 5 heteroatoms. The van der Waals surface area contributed by atoms with Crippen molar-refractivity contribution in [1.29, 1.82) is 0 Å². The van der Waals surface area contributed by atoms with Gasteiger partial charge in [-0.1, -0.05) is 0 Å². The second-order valence-corrected chi connectivity index (χ2v) is 2.63. The van der Waals surface area contributed by atoms with E-state index in [0.29, 0.717) is 0 Å². The number of carbonyl (C=O) groups is 1. The van der Waals surface area contributed by atoms with E-state index in [-0.39, 0.29) is 6.10 Å². The highest BCUT2D eigenvalue weighted by Gasteiger charge is 2.27. The molecule has 0 heterocycles. The van der Waals surface area contributed by atoms with Gasteiger partial charge >= 0.3 is 5.97 Å². The van der Waals surface area contributed by atoms with Crippen molar-refractivity contribution < 1.29 is 23.8 Å². The number of rotatable bonds is 5. The number of carboxylic acids is 1. The maximum Gasteiger partial charge on any atom is 0.361 e. The zero-order chi connectivity index (χ0) is 8.97. The Morgan fingerprint density at radius 3 is 2.67 bits per heavy atom. The van der Waals surface area contributed by atoms with Gasteiger partial charge in [0.15, 0.2) is 6.86 Å². The fraction of sp³-hybridized carbons (Fsp3) is 0.857. The first kappa shape index (κ1) is 9.41. The monoisotopic (exact) mass is 178 g/mol. The second kappa shape index (κ2) is 4.37. The van der Waals surface area contributed by atoms with Crippen LogP contribution in [-0.2, 0) is 14.3 Å². The van der Waals surface area contributed by atoms with Crippen LogP contribution in [0.4, 0.5) is 4.39 Å². The molecule has 0 saturated heterocycles. The molecule has 4 nitrogen and oxygen atoms in total. The third-order valence-electron chi connectivity index (χ3n) is 1.78. The van der Waals surface area contributed by atoms with Crippen molar-refractivity contribution in [1.82, 2.24) is 0 Å². The van der Waals surface area contributed by atoms with Crippen molar-refractivity contribution in [2.24, 2.45) is 0 Å². The van der Waals surface area contributed by atoms with Crippen LogP contribution in [0.25, 0.3) is 0 Å². The second-order valence-electron chi connectivity index (χ2n) is 2.63. The van der Waals surface area contributed by atoms with Crippen LogP contribution in [0.1, 0.15) is 19.3 Å². The Balaban J connectivity index is 2.26. The van der Waals surface area contributed by atoms with Gasteiger partial charge in [0, 0.05) is 0 Å². The predicted octanol–water partition coefficient (Wildman–Crippen LogP) is 0.910. The summed E-state index contributed by atoms with van der Waals surface area (Å²) in [6.45, 7) is -1.14. The number of halogens is 1. The van der Waals surface area contributed by atoms with Crippen LogP contribution in [0.5, 0.6) is 0 Å². The molecule has 0 aromatic carbocycles. The summed E-state index contributed by atoms with van der Waals surface area (Å²) in [5.41, 5.74) is 0.